The SMILES string of the molecule is Br.COc1cc2c(cc1OCc1ccccc1)C[N+](C)(Cc1ccc(Nc3ccccc3[N+](=O)[O-])nc1)CC2. The lowest BCUT2D eigenvalue weighted by molar-refractivity contribution is -0.937. The average Bonchev–Trinajstić information content (AvgIpc) is 2.93. The molecule has 0 saturated heterocycles. The van der Waals surface area contributed by atoms with Crippen molar-refractivity contribution in [3.05, 3.63) is 117 Å². The third kappa shape index (κ3) is 6.74. The van der Waals surface area contributed by atoms with E-state index in [1.54, 1.807) is 25.3 Å². The number of anilines is 2. The molecular formula is C30H32BrN4O4+. The number of nitro benzene ring substituents is 1. The second-order valence-corrected chi connectivity index (χ2v) is 9.91. The first-order valence-electron chi connectivity index (χ1n) is 12.6. The fourth-order valence-electron chi connectivity index (χ4n) is 4.96. The molecule has 0 bridgehead atoms. The second-order valence-electron chi connectivity index (χ2n) is 9.91. The van der Waals surface area contributed by atoms with Gasteiger partial charge >= 0.3 is 0 Å². The van der Waals surface area contributed by atoms with Crippen molar-refractivity contribution in [3.63, 3.8) is 0 Å². The Labute approximate surface area is 238 Å². The van der Waals surface area contributed by atoms with Gasteiger partial charge in [-0.25, -0.2) is 4.98 Å². The zero-order chi connectivity index (χ0) is 26.5. The summed E-state index contributed by atoms with van der Waals surface area (Å²) >= 11 is 0. The van der Waals surface area contributed by atoms with Crippen molar-refractivity contribution >= 4 is 34.2 Å². The molecule has 0 aliphatic carbocycles. The molecule has 1 aliphatic rings. The number of quaternary nitrogens is 1. The van der Waals surface area contributed by atoms with Crippen LogP contribution in [-0.2, 0) is 26.1 Å². The number of methoxy groups -OCH3 is 1. The van der Waals surface area contributed by atoms with Crippen molar-refractivity contribution in [3.8, 4) is 11.5 Å². The molecule has 0 amide bonds. The molecule has 1 atom stereocenters. The Morgan fingerprint density at radius 3 is 2.44 bits per heavy atom. The van der Waals surface area contributed by atoms with Gasteiger partial charge in [-0.05, 0) is 41.5 Å². The maximum atomic E-state index is 11.3. The third-order valence-electron chi connectivity index (χ3n) is 6.95. The summed E-state index contributed by atoms with van der Waals surface area (Å²) in [5.41, 5.74) is 5.23. The van der Waals surface area contributed by atoms with Gasteiger partial charge < -0.3 is 19.3 Å². The summed E-state index contributed by atoms with van der Waals surface area (Å²) in [7, 11) is 3.94. The number of nitrogens with one attached hydrogen (secondary N) is 1. The molecule has 9 heteroatoms. The molecule has 0 saturated carbocycles. The largest absolute Gasteiger partial charge is 0.493 e. The van der Waals surface area contributed by atoms with E-state index in [0.29, 0.717) is 18.1 Å². The standard InChI is InChI=1S/C30H31N4O4.BrH/c1-34(19-23-12-13-30(31-18-23)32-26-10-6-7-11-27(26)33(35)36)15-14-24-16-28(37-2)29(17-25(24)20-34)38-21-22-8-4-3-5-9-22;/h3-13,16-18H,14-15,19-21H2,1-2H3,(H,31,32);1H/q+1;. The minimum Gasteiger partial charge on any atom is -0.493 e. The van der Waals surface area contributed by atoms with E-state index >= 15 is 0 Å². The number of nitrogens with zero attached hydrogens (tertiary/aromatic N) is 3. The number of hydrogen-bond acceptors (Lipinski definition) is 6. The minimum absolute atomic E-state index is 0. The lowest BCUT2D eigenvalue weighted by atomic mass is 9.96. The zero-order valence-corrected chi connectivity index (χ0v) is 23.7. The molecule has 0 fully saturated rings. The summed E-state index contributed by atoms with van der Waals surface area (Å²) in [4.78, 5) is 15.4. The molecule has 8 nitrogen and oxygen atoms in total. The van der Waals surface area contributed by atoms with Crippen molar-refractivity contribution in [2.45, 2.75) is 26.1 Å². The molecule has 39 heavy (non-hydrogen) atoms. The number of rotatable bonds is 9. The first-order valence-corrected chi connectivity index (χ1v) is 12.6. The fourth-order valence-corrected chi connectivity index (χ4v) is 4.96. The first-order chi connectivity index (χ1) is 18.4. The maximum absolute atomic E-state index is 11.3. The van der Waals surface area contributed by atoms with Crippen LogP contribution in [0.3, 0.4) is 0 Å². The van der Waals surface area contributed by atoms with Gasteiger partial charge in [0.2, 0.25) is 0 Å². The highest BCUT2D eigenvalue weighted by molar-refractivity contribution is 8.93. The van der Waals surface area contributed by atoms with E-state index in [9.17, 15) is 10.1 Å². The number of para-hydroxylation sites is 2. The van der Waals surface area contributed by atoms with Gasteiger partial charge in [0.15, 0.2) is 11.5 Å². The van der Waals surface area contributed by atoms with Gasteiger partial charge in [-0.15, -0.1) is 17.0 Å². The molecule has 2 heterocycles. The first kappa shape index (κ1) is 28.1. The maximum Gasteiger partial charge on any atom is 0.292 e. The van der Waals surface area contributed by atoms with Gasteiger partial charge in [-0.3, -0.25) is 10.1 Å². The molecule has 1 unspecified atom stereocenters. The number of halogens is 1. The van der Waals surface area contributed by atoms with Gasteiger partial charge in [0.25, 0.3) is 5.69 Å². The summed E-state index contributed by atoms with van der Waals surface area (Å²) in [6.07, 6.45) is 2.80. The van der Waals surface area contributed by atoms with Gasteiger partial charge in [-0.1, -0.05) is 42.5 Å². The monoisotopic (exact) mass is 591 g/mol. The number of nitro groups is 1. The van der Waals surface area contributed by atoms with Crippen molar-refractivity contribution in [1.29, 1.82) is 0 Å². The summed E-state index contributed by atoms with van der Waals surface area (Å²) in [5, 5.41) is 14.4. The van der Waals surface area contributed by atoms with Crippen LogP contribution in [-0.4, -0.2) is 35.1 Å². The van der Waals surface area contributed by atoms with E-state index in [2.05, 4.69) is 41.6 Å². The Bertz CT molecular complexity index is 1430. The molecule has 3 aromatic carbocycles. The number of benzene rings is 3. The van der Waals surface area contributed by atoms with E-state index < -0.39 is 4.92 Å². The average molecular weight is 593 g/mol. The molecule has 5 rings (SSSR count). The van der Waals surface area contributed by atoms with Crippen LogP contribution >= 0.6 is 17.0 Å². The van der Waals surface area contributed by atoms with E-state index in [1.807, 2.05) is 36.5 Å². The van der Waals surface area contributed by atoms with Gasteiger partial charge in [0.05, 0.1) is 25.6 Å². The van der Waals surface area contributed by atoms with E-state index in [0.717, 1.165) is 53.2 Å². The van der Waals surface area contributed by atoms with Crippen molar-refractivity contribution in [2.24, 2.45) is 0 Å². The lowest BCUT2D eigenvalue weighted by Gasteiger charge is -2.39. The molecule has 1 aliphatic heterocycles. The highest BCUT2D eigenvalue weighted by atomic mass is 79.9. The summed E-state index contributed by atoms with van der Waals surface area (Å²) < 4.78 is 12.6. The number of aromatic nitrogens is 1. The lowest BCUT2D eigenvalue weighted by Crippen LogP contribution is -2.46. The number of pyridine rings is 1. The van der Waals surface area contributed by atoms with Gasteiger partial charge in [-0.2, -0.15) is 0 Å². The quantitative estimate of drug-likeness (QED) is 0.134. The molecule has 0 radical (unpaired) electrons. The number of fused-ring (bicyclic) bond motifs is 1. The van der Waals surface area contributed by atoms with Crippen LogP contribution in [0, 0.1) is 10.1 Å². The third-order valence-corrected chi connectivity index (χ3v) is 6.95. The predicted octanol–water partition coefficient (Wildman–Crippen LogP) is 6.60. The van der Waals surface area contributed by atoms with Crippen molar-refractivity contribution < 1.29 is 18.9 Å². The Balaban J connectivity index is 0.00000353. The molecule has 202 valence electrons. The molecular weight excluding hydrogens is 560 g/mol. The van der Waals surface area contributed by atoms with Crippen LogP contribution in [0.1, 0.15) is 22.3 Å². The zero-order valence-electron chi connectivity index (χ0n) is 22.0. The highest BCUT2D eigenvalue weighted by Crippen LogP contribution is 2.36. The number of ether oxygens (including phenoxy) is 2. The number of likely N-dealkylation sites (N-methyl/N-ethyl adjacent to an activating group) is 1. The predicted molar refractivity (Wildman–Crippen MR) is 157 cm³/mol. The van der Waals surface area contributed by atoms with E-state index in [4.69, 9.17) is 9.47 Å². The summed E-state index contributed by atoms with van der Waals surface area (Å²) in [6, 6.07) is 24.8. The van der Waals surface area contributed by atoms with Crippen LogP contribution in [0.5, 0.6) is 11.5 Å². The van der Waals surface area contributed by atoms with Gasteiger partial charge in [0.1, 0.15) is 31.2 Å². The van der Waals surface area contributed by atoms with Crippen LogP contribution in [0.15, 0.2) is 85.1 Å². The topological polar surface area (TPSA) is 86.5 Å². The van der Waals surface area contributed by atoms with Crippen LogP contribution < -0.4 is 14.8 Å². The Morgan fingerprint density at radius 1 is 0.974 bits per heavy atom. The van der Waals surface area contributed by atoms with E-state index in [-0.39, 0.29) is 22.7 Å². The highest BCUT2D eigenvalue weighted by Gasteiger charge is 2.30. The normalized spacial score (nSPS) is 15.9. The summed E-state index contributed by atoms with van der Waals surface area (Å²) in [5.74, 6) is 2.10. The van der Waals surface area contributed by atoms with Crippen molar-refractivity contribution in [2.75, 3.05) is 26.0 Å². The van der Waals surface area contributed by atoms with Crippen LogP contribution in [0.2, 0.25) is 0 Å². The fraction of sp³-hybridized carbons (Fsp3) is 0.233. The molecule has 1 aromatic heterocycles. The number of hydrogen-bond donors (Lipinski definition) is 1. The Morgan fingerprint density at radius 2 is 1.72 bits per heavy atom. The Hall–Kier alpha value is -3.95. The second kappa shape index (κ2) is 12.3. The summed E-state index contributed by atoms with van der Waals surface area (Å²) in [6.45, 7) is 3.18. The smallest absolute Gasteiger partial charge is 0.292 e. The minimum atomic E-state index is -0.399. The molecule has 1 N–H and O–H groups in total. The van der Waals surface area contributed by atoms with Crippen molar-refractivity contribution in [1.82, 2.24) is 4.98 Å². The van der Waals surface area contributed by atoms with E-state index in [1.165, 1.54) is 17.2 Å². The molecule has 4 aromatic rings. The van der Waals surface area contributed by atoms with Crippen LogP contribution in [0.25, 0.3) is 0 Å². The van der Waals surface area contributed by atoms with Gasteiger partial charge in [0, 0.05) is 29.8 Å². The van der Waals surface area contributed by atoms with Crippen LogP contribution in [0.4, 0.5) is 17.2 Å². The molecule has 0 spiro atoms. The Kier molecular flexibility index (Phi) is 8.83.